The number of pyridine rings is 2. The zero-order chi connectivity index (χ0) is 30.4. The van der Waals surface area contributed by atoms with E-state index in [1.54, 1.807) is 13.8 Å². The fourth-order valence-electron chi connectivity index (χ4n) is 4.74. The number of amides is 1. The molecule has 0 saturated carbocycles. The Balaban J connectivity index is 1.56. The summed E-state index contributed by atoms with van der Waals surface area (Å²) in [6.45, 7) is 2.41. The summed E-state index contributed by atoms with van der Waals surface area (Å²) in [4.78, 5) is 21.4. The lowest BCUT2D eigenvalue weighted by molar-refractivity contribution is -0.265. The molecule has 2 aromatic carbocycles. The average Bonchev–Trinajstić information content (AvgIpc) is 3.28. The van der Waals surface area contributed by atoms with Gasteiger partial charge in [0.2, 0.25) is 5.60 Å². The van der Waals surface area contributed by atoms with Gasteiger partial charge >= 0.3 is 6.18 Å². The summed E-state index contributed by atoms with van der Waals surface area (Å²) >= 11 is 0. The normalized spacial score (nSPS) is 15.3. The molecular formula is C30H24F4N4O4. The fraction of sp³-hybridized carbons (Fsp3) is 0.267. The van der Waals surface area contributed by atoms with Gasteiger partial charge in [0.15, 0.2) is 0 Å². The monoisotopic (exact) mass is 580 g/mol. The molecule has 1 atom stereocenters. The van der Waals surface area contributed by atoms with E-state index >= 15 is 0 Å². The smallest absolute Gasteiger partial charge is 0.424 e. The number of nitriles is 1. The first-order chi connectivity index (χ1) is 19.8. The molecule has 0 aliphatic carbocycles. The van der Waals surface area contributed by atoms with Gasteiger partial charge in [0, 0.05) is 33.7 Å². The number of hydrogen-bond donors (Lipinski definition) is 2. The molecule has 2 N–H and O–H groups in total. The van der Waals surface area contributed by atoms with Crippen molar-refractivity contribution in [2.24, 2.45) is 0 Å². The van der Waals surface area contributed by atoms with Gasteiger partial charge in [0.05, 0.1) is 31.5 Å². The highest BCUT2D eigenvalue weighted by Gasteiger charge is 2.57. The quantitative estimate of drug-likeness (QED) is 0.303. The van der Waals surface area contributed by atoms with Gasteiger partial charge in [0.1, 0.15) is 34.6 Å². The zero-order valence-electron chi connectivity index (χ0n) is 22.6. The van der Waals surface area contributed by atoms with Crippen molar-refractivity contribution < 1.29 is 36.9 Å². The first kappa shape index (κ1) is 28.8. The van der Waals surface area contributed by atoms with Crippen LogP contribution in [0.25, 0.3) is 22.2 Å². The van der Waals surface area contributed by atoms with Crippen LogP contribution in [0.2, 0.25) is 0 Å². The minimum Gasteiger partial charge on any atom is -0.494 e. The van der Waals surface area contributed by atoms with E-state index in [1.165, 1.54) is 43.6 Å². The van der Waals surface area contributed by atoms with Crippen molar-refractivity contribution in [1.29, 1.82) is 5.26 Å². The maximum atomic E-state index is 14.6. The second-order valence-corrected chi connectivity index (χ2v) is 10.5. The second-order valence-electron chi connectivity index (χ2n) is 10.5. The van der Waals surface area contributed by atoms with E-state index in [4.69, 9.17) is 9.47 Å². The van der Waals surface area contributed by atoms with Gasteiger partial charge in [-0.3, -0.25) is 9.78 Å². The van der Waals surface area contributed by atoms with Crippen molar-refractivity contribution in [2.45, 2.75) is 31.0 Å². The van der Waals surface area contributed by atoms with Crippen LogP contribution in [0.3, 0.4) is 0 Å². The Labute approximate surface area is 237 Å². The Hall–Kier alpha value is -4.76. The zero-order valence-corrected chi connectivity index (χ0v) is 22.6. The Morgan fingerprint density at radius 1 is 1.19 bits per heavy atom. The molecule has 12 heteroatoms. The standard InChI is InChI=1S/C30H24F4N4O4/c1-28(2)15-42-26-21(28)11-23(38-25(26)17-4-6-20(31)7-5-17)29(40,30(32,33)34)14-37-27(39)19-9-18-8-16(12-35)13-36-24(18)22(10-19)41-3/h4-11,13,40H,14-15H2,1-3H3,(H,37,39). The van der Waals surface area contributed by atoms with E-state index in [2.05, 4.69) is 15.3 Å². The lowest BCUT2D eigenvalue weighted by atomic mass is 9.84. The van der Waals surface area contributed by atoms with Gasteiger partial charge in [-0.1, -0.05) is 13.8 Å². The molecule has 0 radical (unpaired) electrons. The van der Waals surface area contributed by atoms with Crippen molar-refractivity contribution in [1.82, 2.24) is 15.3 Å². The predicted molar refractivity (Wildman–Crippen MR) is 143 cm³/mol. The summed E-state index contributed by atoms with van der Waals surface area (Å²) in [7, 11) is 1.34. The van der Waals surface area contributed by atoms with E-state index in [9.17, 15) is 32.7 Å². The minimum absolute atomic E-state index is 0.00198. The molecule has 0 fully saturated rings. The molecule has 216 valence electrons. The number of aromatic nitrogens is 2. The molecule has 42 heavy (non-hydrogen) atoms. The SMILES string of the molecule is COc1cc(C(=O)NCC(O)(c2cc3c(c(-c4ccc(F)cc4)n2)OCC3(C)C)C(F)(F)F)cc2cc(C#N)cnc12. The number of aliphatic hydroxyl groups is 1. The molecule has 8 nitrogen and oxygen atoms in total. The Morgan fingerprint density at radius 2 is 1.90 bits per heavy atom. The fourth-order valence-corrected chi connectivity index (χ4v) is 4.74. The molecular weight excluding hydrogens is 556 g/mol. The number of halogens is 4. The first-order valence-electron chi connectivity index (χ1n) is 12.7. The molecule has 0 saturated heterocycles. The van der Waals surface area contributed by atoms with Crippen molar-refractivity contribution >= 4 is 16.8 Å². The van der Waals surface area contributed by atoms with Gasteiger partial charge in [-0.05, 0) is 48.5 Å². The van der Waals surface area contributed by atoms with Crippen LogP contribution in [-0.2, 0) is 11.0 Å². The number of hydrogen-bond acceptors (Lipinski definition) is 7. The number of carbonyl (C=O) groups excluding carboxylic acids is 1. The molecule has 2 aromatic heterocycles. The van der Waals surface area contributed by atoms with E-state index < -0.39 is 41.2 Å². The van der Waals surface area contributed by atoms with Crippen LogP contribution < -0.4 is 14.8 Å². The van der Waals surface area contributed by atoms with E-state index in [0.717, 1.165) is 18.2 Å². The lowest BCUT2D eigenvalue weighted by Gasteiger charge is -2.31. The minimum atomic E-state index is -5.27. The van der Waals surface area contributed by atoms with Gasteiger partial charge in [-0.2, -0.15) is 18.4 Å². The van der Waals surface area contributed by atoms with Crippen LogP contribution in [0.15, 0.2) is 54.7 Å². The number of benzene rings is 2. The number of carbonyl (C=O) groups is 1. The topological polar surface area (TPSA) is 117 Å². The van der Waals surface area contributed by atoms with Crippen LogP contribution in [0, 0.1) is 17.1 Å². The van der Waals surface area contributed by atoms with E-state index in [1.807, 2.05) is 6.07 Å². The first-order valence-corrected chi connectivity index (χ1v) is 12.7. The highest BCUT2D eigenvalue weighted by molar-refractivity contribution is 6.00. The number of ether oxygens (including phenoxy) is 2. The Kier molecular flexibility index (Phi) is 7.02. The Morgan fingerprint density at radius 3 is 2.55 bits per heavy atom. The maximum absolute atomic E-state index is 14.6. The highest BCUT2D eigenvalue weighted by Crippen LogP contribution is 2.47. The summed E-state index contributed by atoms with van der Waals surface area (Å²) in [6, 6.07) is 12.2. The number of nitrogens with one attached hydrogen (secondary N) is 1. The molecule has 0 bridgehead atoms. The molecule has 0 spiro atoms. The summed E-state index contributed by atoms with van der Waals surface area (Å²) in [5.74, 6) is -1.09. The van der Waals surface area contributed by atoms with E-state index in [0.29, 0.717) is 16.5 Å². The predicted octanol–water partition coefficient (Wildman–Crippen LogP) is 5.17. The summed E-state index contributed by atoms with van der Waals surface area (Å²) in [5, 5.41) is 22.9. The maximum Gasteiger partial charge on any atom is 0.424 e. The molecule has 1 amide bonds. The molecule has 3 heterocycles. The van der Waals surface area contributed by atoms with Crippen molar-refractivity contribution in [3.63, 3.8) is 0 Å². The number of fused-ring (bicyclic) bond motifs is 2. The van der Waals surface area contributed by atoms with Crippen molar-refractivity contribution in [2.75, 3.05) is 20.3 Å². The summed E-state index contributed by atoms with van der Waals surface area (Å²) in [6.07, 6.45) is -3.94. The Bertz CT molecular complexity index is 1750. The molecule has 1 unspecified atom stereocenters. The van der Waals surface area contributed by atoms with E-state index in [-0.39, 0.29) is 40.5 Å². The van der Waals surface area contributed by atoms with Crippen LogP contribution >= 0.6 is 0 Å². The highest BCUT2D eigenvalue weighted by atomic mass is 19.4. The molecule has 4 aromatic rings. The van der Waals surface area contributed by atoms with Crippen LogP contribution in [-0.4, -0.2) is 47.4 Å². The van der Waals surface area contributed by atoms with Crippen LogP contribution in [0.4, 0.5) is 17.6 Å². The van der Waals surface area contributed by atoms with Crippen LogP contribution in [0.5, 0.6) is 11.5 Å². The van der Waals surface area contributed by atoms with Crippen LogP contribution in [0.1, 0.15) is 41.0 Å². The number of alkyl halides is 3. The third kappa shape index (κ3) is 4.96. The third-order valence-corrected chi connectivity index (χ3v) is 7.15. The molecule has 1 aliphatic heterocycles. The lowest BCUT2D eigenvalue weighted by Crippen LogP contribution is -2.51. The number of nitrogens with zero attached hydrogens (tertiary/aromatic N) is 3. The molecule has 1 aliphatic rings. The van der Waals surface area contributed by atoms with Crippen molar-refractivity contribution in [3.8, 4) is 28.8 Å². The average molecular weight is 581 g/mol. The number of rotatable bonds is 6. The van der Waals surface area contributed by atoms with Gasteiger partial charge in [-0.25, -0.2) is 9.37 Å². The van der Waals surface area contributed by atoms with Gasteiger partial charge in [-0.15, -0.1) is 0 Å². The molecule has 5 rings (SSSR count). The van der Waals surface area contributed by atoms with Crippen molar-refractivity contribution in [3.05, 3.63) is 82.9 Å². The third-order valence-electron chi connectivity index (χ3n) is 7.15. The number of methoxy groups -OCH3 is 1. The van der Waals surface area contributed by atoms with Gasteiger partial charge < -0.3 is 19.9 Å². The second kappa shape index (κ2) is 10.3. The summed E-state index contributed by atoms with van der Waals surface area (Å²) < 4.78 is 68.5. The summed E-state index contributed by atoms with van der Waals surface area (Å²) in [5.41, 5.74) is -3.95. The van der Waals surface area contributed by atoms with Gasteiger partial charge in [0.25, 0.3) is 5.91 Å². The largest absolute Gasteiger partial charge is 0.494 e.